The highest BCUT2D eigenvalue weighted by molar-refractivity contribution is 5.67. The van der Waals surface area contributed by atoms with E-state index in [2.05, 4.69) is 0 Å². The Morgan fingerprint density at radius 1 is 1.55 bits per heavy atom. The van der Waals surface area contributed by atoms with Gasteiger partial charge in [0.25, 0.3) is 0 Å². The Labute approximate surface area is 65.1 Å². The van der Waals surface area contributed by atoms with Gasteiger partial charge in [-0.05, 0) is 13.3 Å². The largest absolute Gasteiger partial charge is 0.481 e. The summed E-state index contributed by atoms with van der Waals surface area (Å²) in [6.07, 6.45) is 0.752. The second kappa shape index (κ2) is 3.19. The summed E-state index contributed by atoms with van der Waals surface area (Å²) < 4.78 is 10.3. The second-order valence-corrected chi connectivity index (χ2v) is 2.75. The van der Waals surface area contributed by atoms with Gasteiger partial charge in [0.05, 0.1) is 19.6 Å². The molecule has 0 bridgehead atoms. The lowest BCUT2D eigenvalue weighted by molar-refractivity contribution is -0.258. The molecule has 0 aliphatic carbocycles. The fourth-order valence-electron chi connectivity index (χ4n) is 1.05. The van der Waals surface area contributed by atoms with Crippen molar-refractivity contribution in [1.29, 1.82) is 0 Å². The zero-order chi connectivity index (χ0) is 8.32. The van der Waals surface area contributed by atoms with Crippen molar-refractivity contribution in [1.82, 2.24) is 0 Å². The highest BCUT2D eigenvalue weighted by Crippen LogP contribution is 2.21. The van der Waals surface area contributed by atoms with Crippen LogP contribution in [0.5, 0.6) is 0 Å². The maximum Gasteiger partial charge on any atom is 0.308 e. The molecule has 0 aromatic carbocycles. The van der Waals surface area contributed by atoms with Gasteiger partial charge >= 0.3 is 5.97 Å². The van der Waals surface area contributed by atoms with Crippen LogP contribution >= 0.6 is 0 Å². The van der Waals surface area contributed by atoms with E-state index in [1.165, 1.54) is 0 Å². The van der Waals surface area contributed by atoms with E-state index in [-0.39, 0.29) is 6.42 Å². The van der Waals surface area contributed by atoms with Crippen molar-refractivity contribution in [2.24, 2.45) is 0 Å². The third-order valence-electron chi connectivity index (χ3n) is 1.58. The van der Waals surface area contributed by atoms with E-state index in [0.717, 1.165) is 6.42 Å². The first-order valence-electron chi connectivity index (χ1n) is 3.62. The molecule has 0 aromatic rings. The lowest BCUT2D eigenvalue weighted by Gasteiger charge is -2.32. The van der Waals surface area contributed by atoms with E-state index >= 15 is 0 Å². The zero-order valence-electron chi connectivity index (χ0n) is 6.50. The van der Waals surface area contributed by atoms with Crippen LogP contribution in [0.15, 0.2) is 0 Å². The van der Waals surface area contributed by atoms with Gasteiger partial charge in [-0.15, -0.1) is 0 Å². The number of carboxylic acid groups (broad SMARTS) is 1. The first-order chi connectivity index (χ1) is 5.12. The van der Waals surface area contributed by atoms with Crippen molar-refractivity contribution in [2.75, 3.05) is 13.2 Å². The van der Waals surface area contributed by atoms with Crippen LogP contribution in [0.3, 0.4) is 0 Å². The average molecular weight is 160 g/mol. The summed E-state index contributed by atoms with van der Waals surface area (Å²) in [6, 6.07) is 0. The van der Waals surface area contributed by atoms with E-state index in [1.54, 1.807) is 6.92 Å². The third kappa shape index (κ3) is 2.48. The summed E-state index contributed by atoms with van der Waals surface area (Å²) in [7, 11) is 0. The number of carboxylic acids is 1. The summed E-state index contributed by atoms with van der Waals surface area (Å²) in [5, 5.41) is 8.47. The Hall–Kier alpha value is -0.610. The Bertz CT molecular complexity index is 149. The molecule has 11 heavy (non-hydrogen) atoms. The van der Waals surface area contributed by atoms with Crippen molar-refractivity contribution in [2.45, 2.75) is 25.6 Å². The molecule has 4 heteroatoms. The topological polar surface area (TPSA) is 55.8 Å². The maximum atomic E-state index is 10.3. The highest BCUT2D eigenvalue weighted by atomic mass is 16.7. The molecule has 1 fully saturated rings. The minimum atomic E-state index is -0.899. The SMILES string of the molecule is CC1(CC(=O)O)OCCCO1. The lowest BCUT2D eigenvalue weighted by atomic mass is 10.2. The normalized spacial score (nSPS) is 23.0. The van der Waals surface area contributed by atoms with Crippen LogP contribution in [0.2, 0.25) is 0 Å². The molecule has 0 radical (unpaired) electrons. The molecule has 0 aromatic heterocycles. The summed E-state index contributed by atoms with van der Waals surface area (Å²) in [5.74, 6) is -1.79. The second-order valence-electron chi connectivity index (χ2n) is 2.75. The third-order valence-corrected chi connectivity index (χ3v) is 1.58. The van der Waals surface area contributed by atoms with Gasteiger partial charge in [0, 0.05) is 0 Å². The van der Waals surface area contributed by atoms with E-state index in [4.69, 9.17) is 14.6 Å². The van der Waals surface area contributed by atoms with Crippen LogP contribution in [-0.4, -0.2) is 30.1 Å². The van der Waals surface area contributed by atoms with Gasteiger partial charge in [-0.3, -0.25) is 4.79 Å². The number of ether oxygens (including phenoxy) is 2. The number of rotatable bonds is 2. The van der Waals surface area contributed by atoms with E-state index in [1.807, 2.05) is 0 Å². The van der Waals surface area contributed by atoms with Gasteiger partial charge in [-0.25, -0.2) is 0 Å². The Kier molecular flexibility index (Phi) is 2.46. The minimum absolute atomic E-state index is 0.0903. The van der Waals surface area contributed by atoms with Gasteiger partial charge in [-0.1, -0.05) is 0 Å². The molecule has 1 aliphatic heterocycles. The van der Waals surface area contributed by atoms with Crippen LogP contribution in [-0.2, 0) is 14.3 Å². The molecule has 1 N–H and O–H groups in total. The summed E-state index contributed by atoms with van der Waals surface area (Å²) in [5.41, 5.74) is 0. The van der Waals surface area contributed by atoms with E-state index < -0.39 is 11.8 Å². The molecule has 64 valence electrons. The fourth-order valence-corrected chi connectivity index (χ4v) is 1.05. The Balaban J connectivity index is 2.43. The van der Waals surface area contributed by atoms with Crippen molar-refractivity contribution in [3.05, 3.63) is 0 Å². The van der Waals surface area contributed by atoms with Gasteiger partial charge < -0.3 is 14.6 Å². The van der Waals surface area contributed by atoms with Crippen molar-refractivity contribution in [3.8, 4) is 0 Å². The number of aliphatic carboxylic acids is 1. The predicted octanol–water partition coefficient (Wildman–Crippen LogP) is 0.614. The summed E-state index contributed by atoms with van der Waals surface area (Å²) >= 11 is 0. The van der Waals surface area contributed by atoms with Crippen LogP contribution in [0.1, 0.15) is 19.8 Å². The minimum Gasteiger partial charge on any atom is -0.481 e. The molecule has 0 spiro atoms. The molecule has 1 saturated heterocycles. The van der Waals surface area contributed by atoms with Crippen LogP contribution in [0.4, 0.5) is 0 Å². The first-order valence-corrected chi connectivity index (χ1v) is 3.62. The van der Waals surface area contributed by atoms with E-state index in [9.17, 15) is 4.79 Å². The molecule has 1 aliphatic rings. The van der Waals surface area contributed by atoms with Crippen LogP contribution in [0, 0.1) is 0 Å². The van der Waals surface area contributed by atoms with Crippen LogP contribution in [0.25, 0.3) is 0 Å². The molecule has 4 nitrogen and oxygen atoms in total. The van der Waals surface area contributed by atoms with Gasteiger partial charge in [0.2, 0.25) is 0 Å². The number of carbonyl (C=O) groups is 1. The predicted molar refractivity (Wildman–Crippen MR) is 37.2 cm³/mol. The average Bonchev–Trinajstić information content (AvgIpc) is 1.85. The standard InChI is InChI=1S/C7H12O4/c1-7(5-6(8)9)10-3-2-4-11-7/h2-5H2,1H3,(H,8,9). The maximum absolute atomic E-state index is 10.3. The Morgan fingerprint density at radius 3 is 2.55 bits per heavy atom. The summed E-state index contributed by atoms with van der Waals surface area (Å²) in [6.45, 7) is 2.83. The number of hydrogen-bond acceptors (Lipinski definition) is 3. The molecule has 1 heterocycles. The summed E-state index contributed by atoms with van der Waals surface area (Å²) in [4.78, 5) is 10.3. The molecular weight excluding hydrogens is 148 g/mol. The van der Waals surface area contributed by atoms with E-state index in [0.29, 0.717) is 13.2 Å². The zero-order valence-corrected chi connectivity index (χ0v) is 6.50. The Morgan fingerprint density at radius 2 is 2.09 bits per heavy atom. The smallest absolute Gasteiger partial charge is 0.308 e. The van der Waals surface area contributed by atoms with Crippen molar-refractivity contribution >= 4 is 5.97 Å². The number of hydrogen-bond donors (Lipinski definition) is 1. The lowest BCUT2D eigenvalue weighted by Crippen LogP contribution is -2.39. The molecule has 0 unspecified atom stereocenters. The molecule has 0 atom stereocenters. The van der Waals surface area contributed by atoms with Gasteiger partial charge in [-0.2, -0.15) is 0 Å². The molecule has 0 amide bonds. The fraction of sp³-hybridized carbons (Fsp3) is 0.857. The first kappa shape index (κ1) is 8.49. The monoisotopic (exact) mass is 160 g/mol. The van der Waals surface area contributed by atoms with Crippen molar-refractivity contribution < 1.29 is 19.4 Å². The molecule has 0 saturated carbocycles. The van der Waals surface area contributed by atoms with Gasteiger partial charge in [0.15, 0.2) is 5.79 Å². The highest BCUT2D eigenvalue weighted by Gasteiger charge is 2.31. The van der Waals surface area contributed by atoms with Gasteiger partial charge in [0.1, 0.15) is 0 Å². The van der Waals surface area contributed by atoms with Crippen molar-refractivity contribution in [3.63, 3.8) is 0 Å². The molecule has 1 rings (SSSR count). The molecular formula is C7H12O4. The quantitative estimate of drug-likeness (QED) is 0.643. The van der Waals surface area contributed by atoms with Crippen LogP contribution < -0.4 is 0 Å².